The number of alkyl halides is 3. The van der Waals surface area contributed by atoms with Gasteiger partial charge < -0.3 is 14.4 Å². The topological polar surface area (TPSA) is 105 Å². The van der Waals surface area contributed by atoms with Crippen LogP contribution in [0.15, 0.2) is 4.52 Å². The Balaban J connectivity index is 0.000000360. The Labute approximate surface area is 183 Å². The highest BCUT2D eigenvalue weighted by Gasteiger charge is 2.45. The van der Waals surface area contributed by atoms with Crippen LogP contribution in [0.3, 0.4) is 0 Å². The van der Waals surface area contributed by atoms with Gasteiger partial charge in [-0.1, -0.05) is 5.16 Å². The number of halogens is 3. The van der Waals surface area contributed by atoms with E-state index in [1.165, 1.54) is 5.56 Å². The van der Waals surface area contributed by atoms with Crippen LogP contribution in [0.4, 0.5) is 13.2 Å². The van der Waals surface area contributed by atoms with Gasteiger partial charge >= 0.3 is 12.1 Å². The van der Waals surface area contributed by atoms with E-state index in [1.807, 2.05) is 13.8 Å². The summed E-state index contributed by atoms with van der Waals surface area (Å²) in [5, 5.41) is 12.8. The highest BCUT2D eigenvalue weighted by Crippen LogP contribution is 2.36. The molecule has 180 valence electrons. The third-order valence-corrected chi connectivity index (χ3v) is 6.08. The molecule has 1 amide bonds. The van der Waals surface area contributed by atoms with Gasteiger partial charge in [-0.05, 0) is 38.5 Å². The molecule has 3 aliphatic rings. The molecule has 1 aromatic heterocycles. The molecule has 0 aliphatic carbocycles. The lowest BCUT2D eigenvalue weighted by molar-refractivity contribution is -0.207. The maximum atomic E-state index is 12.9. The van der Waals surface area contributed by atoms with E-state index in [4.69, 9.17) is 24.0 Å². The van der Waals surface area contributed by atoms with Gasteiger partial charge in [0, 0.05) is 31.7 Å². The number of carbonyl (C=O) groups is 2. The van der Waals surface area contributed by atoms with E-state index in [9.17, 15) is 18.0 Å². The summed E-state index contributed by atoms with van der Waals surface area (Å²) in [7, 11) is 0. The van der Waals surface area contributed by atoms with Gasteiger partial charge in [0.1, 0.15) is 5.76 Å². The number of rotatable bonds is 3. The van der Waals surface area contributed by atoms with Crippen molar-refractivity contribution in [3.63, 3.8) is 0 Å². The minimum Gasteiger partial charge on any atom is -0.475 e. The number of hydrogen-bond acceptors (Lipinski definition) is 7. The molecule has 3 saturated heterocycles. The Morgan fingerprint density at radius 3 is 2.47 bits per heavy atom. The van der Waals surface area contributed by atoms with Crippen molar-refractivity contribution in [1.29, 1.82) is 0 Å². The number of aryl methyl sites for hydroxylation is 2. The molecular weight excluding hydrogens is 435 g/mol. The fourth-order valence-corrected chi connectivity index (χ4v) is 4.38. The van der Waals surface area contributed by atoms with Crippen LogP contribution in [0.25, 0.3) is 0 Å². The average molecular weight is 463 g/mol. The van der Waals surface area contributed by atoms with Crippen molar-refractivity contribution in [3.05, 3.63) is 17.0 Å². The second-order valence-electron chi connectivity index (χ2n) is 8.35. The van der Waals surface area contributed by atoms with Crippen LogP contribution in [0.1, 0.15) is 29.9 Å². The van der Waals surface area contributed by atoms with E-state index in [1.54, 1.807) is 5.06 Å². The minimum atomic E-state index is -5.08. The van der Waals surface area contributed by atoms with Gasteiger partial charge in [-0.2, -0.15) is 13.2 Å². The Bertz CT molecular complexity index is 789. The predicted octanol–water partition coefficient (Wildman–Crippen LogP) is 2.17. The fourth-order valence-electron chi connectivity index (χ4n) is 4.38. The largest absolute Gasteiger partial charge is 0.490 e. The zero-order valence-corrected chi connectivity index (χ0v) is 18.1. The number of aromatic nitrogens is 1. The molecule has 3 fully saturated rings. The number of carboxylic acid groups (broad SMARTS) is 1. The second kappa shape index (κ2) is 10.2. The highest BCUT2D eigenvalue weighted by molar-refractivity contribution is 5.78. The molecule has 0 saturated carbocycles. The van der Waals surface area contributed by atoms with Crippen molar-refractivity contribution in [2.45, 2.75) is 39.4 Å². The van der Waals surface area contributed by atoms with Crippen molar-refractivity contribution >= 4 is 11.9 Å². The quantitative estimate of drug-likeness (QED) is 0.727. The first-order valence-electron chi connectivity index (χ1n) is 10.5. The summed E-state index contributed by atoms with van der Waals surface area (Å²) in [5.74, 6) is -1.11. The number of ether oxygens (including phenoxy) is 1. The molecule has 9 nitrogen and oxygen atoms in total. The first kappa shape index (κ1) is 24.5. The predicted molar refractivity (Wildman–Crippen MR) is 103 cm³/mol. The molecule has 0 unspecified atom stereocenters. The van der Waals surface area contributed by atoms with Crippen LogP contribution in [0.2, 0.25) is 0 Å². The second-order valence-corrected chi connectivity index (χ2v) is 8.35. The van der Waals surface area contributed by atoms with Gasteiger partial charge in [0.2, 0.25) is 0 Å². The first-order chi connectivity index (χ1) is 15.1. The Kier molecular flexibility index (Phi) is 7.78. The summed E-state index contributed by atoms with van der Waals surface area (Å²) in [6.07, 6.45) is -3.03. The van der Waals surface area contributed by atoms with Gasteiger partial charge in [0.05, 0.1) is 31.4 Å². The Hall–Kier alpha value is -2.18. The average Bonchev–Trinajstić information content (AvgIpc) is 3.31. The summed E-state index contributed by atoms with van der Waals surface area (Å²) in [4.78, 5) is 29.8. The highest BCUT2D eigenvalue weighted by atomic mass is 19.4. The molecule has 0 aromatic carbocycles. The number of amides is 1. The number of carbonyl (C=O) groups excluding carboxylic acids is 1. The van der Waals surface area contributed by atoms with Crippen LogP contribution < -0.4 is 0 Å². The molecule has 4 rings (SSSR count). The monoisotopic (exact) mass is 463 g/mol. The number of likely N-dealkylation sites (tertiary alicyclic amines) is 1. The maximum absolute atomic E-state index is 12.9. The molecule has 1 aromatic rings. The van der Waals surface area contributed by atoms with E-state index in [-0.39, 0.29) is 11.8 Å². The number of carboxylic acids is 1. The number of nitrogens with zero attached hydrogens (tertiary/aromatic N) is 3. The van der Waals surface area contributed by atoms with Crippen molar-refractivity contribution in [2.75, 3.05) is 39.5 Å². The molecule has 0 bridgehead atoms. The molecule has 0 radical (unpaired) electrons. The lowest BCUT2D eigenvalue weighted by Crippen LogP contribution is -2.47. The lowest BCUT2D eigenvalue weighted by atomic mass is 9.82. The molecule has 12 heteroatoms. The van der Waals surface area contributed by atoms with Crippen LogP contribution in [0.5, 0.6) is 0 Å². The van der Waals surface area contributed by atoms with Crippen LogP contribution in [-0.2, 0) is 25.7 Å². The molecule has 3 atom stereocenters. The molecule has 4 heterocycles. The van der Waals surface area contributed by atoms with Crippen LogP contribution in [-0.4, -0.2) is 77.7 Å². The Morgan fingerprint density at radius 2 is 1.91 bits per heavy atom. The Morgan fingerprint density at radius 1 is 1.19 bits per heavy atom. The maximum Gasteiger partial charge on any atom is 0.490 e. The van der Waals surface area contributed by atoms with Gasteiger partial charge in [0.15, 0.2) is 0 Å². The van der Waals surface area contributed by atoms with Gasteiger partial charge in [0.25, 0.3) is 5.91 Å². The molecule has 32 heavy (non-hydrogen) atoms. The van der Waals surface area contributed by atoms with E-state index < -0.39 is 12.1 Å². The van der Waals surface area contributed by atoms with Crippen molar-refractivity contribution in [2.24, 2.45) is 17.8 Å². The number of hydroxylamine groups is 2. The van der Waals surface area contributed by atoms with E-state index in [2.05, 4.69) is 10.1 Å². The summed E-state index contributed by atoms with van der Waals surface area (Å²) < 4.78 is 42.8. The van der Waals surface area contributed by atoms with Crippen LogP contribution >= 0.6 is 0 Å². The molecular formula is C20H28F3N3O6. The summed E-state index contributed by atoms with van der Waals surface area (Å²) >= 11 is 0. The van der Waals surface area contributed by atoms with E-state index in [0.717, 1.165) is 50.5 Å². The fraction of sp³-hybridized carbons (Fsp3) is 0.750. The van der Waals surface area contributed by atoms with Crippen molar-refractivity contribution < 1.29 is 42.0 Å². The SMILES string of the molecule is Cc1noc(C)c1CN1C[C@@H]2COC[C@H](C(=O)N3CCCCO3)[C@@H]2C1.O=C(O)C(F)(F)F. The first-order valence-corrected chi connectivity index (χ1v) is 10.5. The van der Waals surface area contributed by atoms with Crippen LogP contribution in [0, 0.1) is 31.6 Å². The van der Waals surface area contributed by atoms with Crippen molar-refractivity contribution in [1.82, 2.24) is 15.1 Å². The number of aliphatic carboxylic acids is 1. The lowest BCUT2D eigenvalue weighted by Gasteiger charge is -2.36. The number of hydrogen-bond donors (Lipinski definition) is 1. The molecule has 0 spiro atoms. The van der Waals surface area contributed by atoms with Gasteiger partial charge in [-0.15, -0.1) is 0 Å². The normalized spacial score (nSPS) is 26.3. The third-order valence-electron chi connectivity index (χ3n) is 6.08. The summed E-state index contributed by atoms with van der Waals surface area (Å²) in [6.45, 7) is 9.25. The number of fused-ring (bicyclic) bond motifs is 1. The zero-order chi connectivity index (χ0) is 23.5. The van der Waals surface area contributed by atoms with Gasteiger partial charge in [-0.25, -0.2) is 9.86 Å². The third kappa shape index (κ3) is 5.78. The smallest absolute Gasteiger partial charge is 0.475 e. The molecule has 1 N–H and O–H groups in total. The zero-order valence-electron chi connectivity index (χ0n) is 18.1. The summed E-state index contributed by atoms with van der Waals surface area (Å²) in [5.41, 5.74) is 2.12. The van der Waals surface area contributed by atoms with E-state index in [0.29, 0.717) is 31.6 Å². The van der Waals surface area contributed by atoms with E-state index >= 15 is 0 Å². The minimum absolute atomic E-state index is 0.0912. The standard InChI is InChI=1S/C18H27N3O4.C2HF3O2/c1-12-15(13(2)25-19-12)8-20-7-14-10-23-11-17(16(14)9-20)18(22)21-5-3-4-6-24-21;3-2(4,5)1(6)7/h14,16-17H,3-11H2,1-2H3;(H,6,7)/t14-,16-,17+;/m1./s1. The van der Waals surface area contributed by atoms with Gasteiger partial charge in [-0.3, -0.25) is 14.5 Å². The summed E-state index contributed by atoms with van der Waals surface area (Å²) in [6, 6.07) is 0. The molecule has 3 aliphatic heterocycles. The van der Waals surface area contributed by atoms with Crippen molar-refractivity contribution in [3.8, 4) is 0 Å².